The van der Waals surface area contributed by atoms with Gasteiger partial charge >= 0.3 is 0 Å². The fourth-order valence-corrected chi connectivity index (χ4v) is 4.60. The average Bonchev–Trinajstić information content (AvgIpc) is 3.00. The Kier molecular flexibility index (Phi) is 9.64. The molecule has 206 valence electrons. The van der Waals surface area contributed by atoms with E-state index >= 15 is 0 Å². The smallest absolute Gasteiger partial charge is 0.266 e. The second-order valence-electron chi connectivity index (χ2n) is 9.08. The molecule has 0 spiro atoms. The summed E-state index contributed by atoms with van der Waals surface area (Å²) in [6.07, 6.45) is 4.78. The number of nitrogens with zero attached hydrogens (tertiary/aromatic N) is 5. The third kappa shape index (κ3) is 7.33. The lowest BCUT2D eigenvalue weighted by atomic mass is 9.95. The van der Waals surface area contributed by atoms with E-state index in [9.17, 15) is 18.8 Å². The van der Waals surface area contributed by atoms with E-state index in [-0.39, 0.29) is 29.4 Å². The first-order chi connectivity index (χ1) is 19.4. The third-order valence-electron chi connectivity index (χ3n) is 6.51. The van der Waals surface area contributed by atoms with Crippen molar-refractivity contribution in [2.45, 2.75) is 12.8 Å². The van der Waals surface area contributed by atoms with Crippen LogP contribution in [0.25, 0.3) is 11.3 Å². The van der Waals surface area contributed by atoms with Crippen LogP contribution in [0.1, 0.15) is 23.2 Å². The van der Waals surface area contributed by atoms with E-state index in [1.165, 1.54) is 7.05 Å². The number of benzene rings is 2. The molecule has 2 amide bonds. The molecule has 2 aromatic carbocycles. The molecular formula is C28H28FN7O3S. The number of halogens is 1. The van der Waals surface area contributed by atoms with Gasteiger partial charge < -0.3 is 15.5 Å². The van der Waals surface area contributed by atoms with E-state index in [0.29, 0.717) is 54.9 Å². The van der Waals surface area contributed by atoms with E-state index in [4.69, 9.17) is 5.26 Å². The van der Waals surface area contributed by atoms with Gasteiger partial charge in [0.2, 0.25) is 17.0 Å². The summed E-state index contributed by atoms with van der Waals surface area (Å²) >= 11 is 0.560. The number of nitriles is 1. The maximum atomic E-state index is 12.3. The van der Waals surface area contributed by atoms with Gasteiger partial charge in [-0.1, -0.05) is 23.9 Å². The monoisotopic (exact) mass is 561 g/mol. The number of hydrogen-bond acceptors (Lipinski definition) is 9. The number of piperidine rings is 1. The van der Waals surface area contributed by atoms with Gasteiger partial charge in [-0.05, 0) is 55.3 Å². The van der Waals surface area contributed by atoms with E-state index in [1.54, 1.807) is 42.7 Å². The molecule has 4 rings (SSSR count). The highest BCUT2D eigenvalue weighted by molar-refractivity contribution is 8.13. The SMILES string of the molecule is CN(C#N)C(=O)c1ccc(-c2ccnc(Nc3ccc(N4CCC(C(=O)NCC(=O)SCF)CC4)cc3)n2)cc1. The Bertz CT molecular complexity index is 1390. The van der Waals surface area contributed by atoms with Gasteiger partial charge in [-0.3, -0.25) is 14.4 Å². The van der Waals surface area contributed by atoms with E-state index in [2.05, 4.69) is 25.5 Å². The predicted molar refractivity (Wildman–Crippen MR) is 151 cm³/mol. The minimum atomic E-state index is -0.788. The van der Waals surface area contributed by atoms with Crippen molar-refractivity contribution in [2.75, 3.05) is 42.9 Å². The molecule has 1 aliphatic heterocycles. The molecule has 12 heteroatoms. The van der Waals surface area contributed by atoms with Crippen molar-refractivity contribution in [1.82, 2.24) is 20.2 Å². The number of nitrogens with one attached hydrogen (secondary N) is 2. The van der Waals surface area contributed by atoms with Gasteiger partial charge in [0.05, 0.1) is 12.2 Å². The summed E-state index contributed by atoms with van der Waals surface area (Å²) < 4.78 is 12.2. The zero-order chi connectivity index (χ0) is 28.5. The van der Waals surface area contributed by atoms with Crippen LogP contribution in [-0.2, 0) is 9.59 Å². The van der Waals surface area contributed by atoms with Gasteiger partial charge in [-0.25, -0.2) is 19.3 Å². The molecule has 0 aliphatic carbocycles. The number of rotatable bonds is 9. The lowest BCUT2D eigenvalue weighted by Gasteiger charge is -2.33. The zero-order valence-electron chi connectivity index (χ0n) is 21.8. The molecule has 1 aliphatic rings. The lowest BCUT2D eigenvalue weighted by molar-refractivity contribution is -0.127. The Morgan fingerprint density at radius 3 is 2.45 bits per heavy atom. The molecule has 2 N–H and O–H groups in total. The molecule has 2 heterocycles. The first-order valence-corrected chi connectivity index (χ1v) is 13.6. The second kappa shape index (κ2) is 13.5. The molecule has 1 aromatic heterocycles. The summed E-state index contributed by atoms with van der Waals surface area (Å²) in [6.45, 7) is 1.27. The molecule has 10 nitrogen and oxygen atoms in total. The standard InChI is InChI=1S/C28H28FN7O3S/c1-35(18-30)27(39)21-4-2-19(3-5-21)24-10-13-31-28(34-24)33-22-6-8-23(9-7-22)36-14-11-20(12-15-36)26(38)32-16-25(37)40-17-29/h2-10,13,20H,11-12,14-17H2,1H3,(H,32,38)(H,31,33,34). The van der Waals surface area contributed by atoms with Crippen LogP contribution in [0.2, 0.25) is 0 Å². The molecule has 0 bridgehead atoms. The van der Waals surface area contributed by atoms with Crippen LogP contribution in [0.5, 0.6) is 0 Å². The highest BCUT2D eigenvalue weighted by Crippen LogP contribution is 2.26. The summed E-state index contributed by atoms with van der Waals surface area (Å²) in [6, 6.07) is 15.7. The molecule has 0 saturated carbocycles. The summed E-state index contributed by atoms with van der Waals surface area (Å²) in [7, 11) is 1.42. The molecule has 0 unspecified atom stereocenters. The Hall–Kier alpha value is -4.50. The maximum absolute atomic E-state index is 12.3. The van der Waals surface area contributed by atoms with Crippen LogP contribution in [0.15, 0.2) is 60.8 Å². The average molecular weight is 562 g/mol. The van der Waals surface area contributed by atoms with Gasteiger partial charge in [-0.2, -0.15) is 5.26 Å². The lowest BCUT2D eigenvalue weighted by Crippen LogP contribution is -2.41. The number of anilines is 3. The first-order valence-electron chi connectivity index (χ1n) is 12.6. The predicted octanol–water partition coefficient (Wildman–Crippen LogP) is 3.96. The molecule has 0 radical (unpaired) electrons. The molecule has 3 aromatic rings. The molecule has 1 fully saturated rings. The molecule has 40 heavy (non-hydrogen) atoms. The topological polar surface area (TPSA) is 131 Å². The quantitative estimate of drug-likeness (QED) is 0.294. The van der Waals surface area contributed by atoms with Crippen molar-refractivity contribution < 1.29 is 18.8 Å². The van der Waals surface area contributed by atoms with Crippen LogP contribution in [0.4, 0.5) is 21.7 Å². The van der Waals surface area contributed by atoms with Crippen LogP contribution >= 0.6 is 11.8 Å². The number of amides is 2. The minimum Gasteiger partial charge on any atom is -0.371 e. The molecule has 1 saturated heterocycles. The van der Waals surface area contributed by atoms with Gasteiger partial charge in [0.1, 0.15) is 6.01 Å². The molecule has 0 atom stereocenters. The fraction of sp³-hybridized carbons (Fsp3) is 0.286. The number of carbonyl (C=O) groups excluding carboxylic acids is 3. The van der Waals surface area contributed by atoms with Gasteiger partial charge in [0, 0.05) is 54.8 Å². The third-order valence-corrected chi connectivity index (χ3v) is 7.09. The Labute approximate surface area is 235 Å². The first kappa shape index (κ1) is 28.5. The second-order valence-corrected chi connectivity index (χ2v) is 10.0. The number of hydrogen-bond donors (Lipinski definition) is 2. The van der Waals surface area contributed by atoms with Gasteiger partial charge in [-0.15, -0.1) is 0 Å². The van der Waals surface area contributed by atoms with Crippen LogP contribution in [-0.4, -0.2) is 64.5 Å². The Balaban J connectivity index is 1.31. The van der Waals surface area contributed by atoms with Crippen molar-refractivity contribution >= 4 is 46.0 Å². The maximum Gasteiger partial charge on any atom is 0.266 e. The van der Waals surface area contributed by atoms with Crippen molar-refractivity contribution in [3.05, 3.63) is 66.4 Å². The summed E-state index contributed by atoms with van der Waals surface area (Å²) in [5, 5.41) is 14.3. The van der Waals surface area contributed by atoms with Gasteiger partial charge in [0.25, 0.3) is 5.91 Å². The van der Waals surface area contributed by atoms with E-state index in [1.807, 2.05) is 24.3 Å². The largest absolute Gasteiger partial charge is 0.371 e. The normalized spacial score (nSPS) is 13.3. The van der Waals surface area contributed by atoms with Crippen molar-refractivity contribution in [3.8, 4) is 17.5 Å². The number of thioether (sulfide) groups is 1. The summed E-state index contributed by atoms with van der Waals surface area (Å²) in [4.78, 5) is 47.9. The number of carbonyl (C=O) groups is 3. The highest BCUT2D eigenvalue weighted by atomic mass is 32.2. The van der Waals surface area contributed by atoms with Gasteiger partial charge in [0.15, 0.2) is 6.19 Å². The number of aromatic nitrogens is 2. The van der Waals surface area contributed by atoms with Crippen LogP contribution in [0, 0.1) is 17.4 Å². The highest BCUT2D eigenvalue weighted by Gasteiger charge is 2.25. The number of alkyl halides is 1. The van der Waals surface area contributed by atoms with Crippen molar-refractivity contribution in [2.24, 2.45) is 5.92 Å². The Morgan fingerprint density at radius 2 is 1.80 bits per heavy atom. The zero-order valence-corrected chi connectivity index (χ0v) is 22.7. The fourth-order valence-electron chi connectivity index (χ4n) is 4.30. The minimum absolute atomic E-state index is 0.150. The van der Waals surface area contributed by atoms with E-state index < -0.39 is 6.01 Å². The van der Waals surface area contributed by atoms with E-state index in [0.717, 1.165) is 21.8 Å². The Morgan fingerprint density at radius 1 is 1.10 bits per heavy atom. The van der Waals surface area contributed by atoms with Crippen LogP contribution in [0.3, 0.4) is 0 Å². The van der Waals surface area contributed by atoms with Crippen LogP contribution < -0.4 is 15.5 Å². The van der Waals surface area contributed by atoms with Crippen molar-refractivity contribution in [1.29, 1.82) is 5.26 Å². The molecular weight excluding hydrogens is 533 g/mol. The summed E-state index contributed by atoms with van der Waals surface area (Å²) in [5.74, 6) is -0.286. The van der Waals surface area contributed by atoms with Crippen molar-refractivity contribution in [3.63, 3.8) is 0 Å². The summed E-state index contributed by atoms with van der Waals surface area (Å²) in [5.41, 5.74) is 3.74.